The first kappa shape index (κ1) is 12.8. The van der Waals surface area contributed by atoms with Crippen molar-refractivity contribution < 1.29 is 4.79 Å². The molecule has 20 heavy (non-hydrogen) atoms. The Morgan fingerprint density at radius 3 is 3.00 bits per heavy atom. The minimum atomic E-state index is -0.234. The summed E-state index contributed by atoms with van der Waals surface area (Å²) in [5.74, 6) is 0.711. The first-order chi connectivity index (χ1) is 9.65. The second-order valence-corrected chi connectivity index (χ2v) is 5.13. The summed E-state index contributed by atoms with van der Waals surface area (Å²) in [6.45, 7) is 4.70. The van der Waals surface area contributed by atoms with Gasteiger partial charge in [0.25, 0.3) is 0 Å². The first-order valence-corrected chi connectivity index (χ1v) is 6.78. The zero-order chi connectivity index (χ0) is 14.1. The van der Waals surface area contributed by atoms with E-state index in [0.717, 1.165) is 36.0 Å². The van der Waals surface area contributed by atoms with E-state index in [-0.39, 0.29) is 11.9 Å². The predicted molar refractivity (Wildman–Crippen MR) is 76.5 cm³/mol. The average Bonchev–Trinajstić information content (AvgIpc) is 2.41. The van der Waals surface area contributed by atoms with Crippen LogP contribution in [0.25, 0.3) is 11.0 Å². The van der Waals surface area contributed by atoms with Gasteiger partial charge < -0.3 is 10.6 Å². The number of aromatic nitrogens is 3. The van der Waals surface area contributed by atoms with E-state index in [2.05, 4.69) is 25.6 Å². The number of carbonyl (C=O) groups is 1. The van der Waals surface area contributed by atoms with Crippen LogP contribution in [0.4, 0.5) is 5.82 Å². The lowest BCUT2D eigenvalue weighted by Gasteiger charge is -2.23. The molecule has 3 heterocycles. The minimum Gasteiger partial charge on any atom is -0.358 e. The van der Waals surface area contributed by atoms with Crippen LogP contribution >= 0.6 is 0 Å². The van der Waals surface area contributed by atoms with Gasteiger partial charge in [-0.05, 0) is 38.3 Å². The molecular weight excluding hydrogens is 254 g/mol. The van der Waals surface area contributed by atoms with E-state index in [9.17, 15) is 4.79 Å². The smallest absolute Gasteiger partial charge is 0.242 e. The highest BCUT2D eigenvalue weighted by Gasteiger charge is 2.23. The van der Waals surface area contributed by atoms with Gasteiger partial charge in [0, 0.05) is 12.2 Å². The van der Waals surface area contributed by atoms with Gasteiger partial charge in [-0.15, -0.1) is 0 Å². The van der Waals surface area contributed by atoms with Crippen LogP contribution in [-0.2, 0) is 4.79 Å². The highest BCUT2D eigenvalue weighted by molar-refractivity contribution is 5.92. The minimum absolute atomic E-state index is 0.0285. The maximum absolute atomic E-state index is 11.8. The zero-order valence-corrected chi connectivity index (χ0v) is 11.6. The van der Waals surface area contributed by atoms with Crippen molar-refractivity contribution in [1.29, 1.82) is 0 Å². The summed E-state index contributed by atoms with van der Waals surface area (Å²) < 4.78 is 0. The highest BCUT2D eigenvalue weighted by atomic mass is 16.2. The van der Waals surface area contributed by atoms with E-state index in [1.54, 1.807) is 0 Å². The van der Waals surface area contributed by atoms with Crippen molar-refractivity contribution >= 4 is 22.8 Å². The Labute approximate surface area is 117 Å². The van der Waals surface area contributed by atoms with E-state index in [4.69, 9.17) is 0 Å². The van der Waals surface area contributed by atoms with Crippen molar-refractivity contribution in [2.75, 3.05) is 11.9 Å². The van der Waals surface area contributed by atoms with Crippen LogP contribution < -0.4 is 10.6 Å². The molecule has 1 fully saturated rings. The third-order valence-electron chi connectivity index (χ3n) is 3.53. The third kappa shape index (κ3) is 2.29. The Bertz CT molecular complexity index is 670. The monoisotopic (exact) mass is 271 g/mol. The van der Waals surface area contributed by atoms with Crippen LogP contribution in [-0.4, -0.2) is 33.4 Å². The number of fused-ring (bicyclic) bond motifs is 1. The molecule has 0 saturated carbocycles. The van der Waals surface area contributed by atoms with E-state index < -0.39 is 0 Å². The number of pyridine rings is 1. The molecule has 1 amide bonds. The van der Waals surface area contributed by atoms with Crippen LogP contribution in [0.3, 0.4) is 0 Å². The molecule has 2 aromatic rings. The van der Waals surface area contributed by atoms with Gasteiger partial charge in [0.15, 0.2) is 5.65 Å². The Balaban J connectivity index is 2.01. The normalized spacial score (nSPS) is 18.9. The Kier molecular flexibility index (Phi) is 3.22. The lowest BCUT2D eigenvalue weighted by Crippen LogP contribution is -2.44. The first-order valence-electron chi connectivity index (χ1n) is 6.78. The molecule has 104 valence electrons. The summed E-state index contributed by atoms with van der Waals surface area (Å²) >= 11 is 0. The second-order valence-electron chi connectivity index (χ2n) is 5.13. The van der Waals surface area contributed by atoms with Gasteiger partial charge in [0.2, 0.25) is 5.91 Å². The fraction of sp³-hybridized carbons (Fsp3) is 0.429. The molecule has 1 aliphatic rings. The Hall–Kier alpha value is -2.24. The zero-order valence-electron chi connectivity index (χ0n) is 11.6. The highest BCUT2D eigenvalue weighted by Crippen LogP contribution is 2.24. The number of hydrogen-bond donors (Lipinski definition) is 2. The summed E-state index contributed by atoms with van der Waals surface area (Å²) in [7, 11) is 0. The number of amides is 1. The van der Waals surface area contributed by atoms with Crippen LogP contribution in [0.2, 0.25) is 0 Å². The quantitative estimate of drug-likeness (QED) is 0.861. The van der Waals surface area contributed by atoms with Crippen LogP contribution in [0, 0.1) is 13.8 Å². The van der Waals surface area contributed by atoms with E-state index in [1.807, 2.05) is 19.9 Å². The van der Waals surface area contributed by atoms with Gasteiger partial charge in [-0.1, -0.05) is 0 Å². The van der Waals surface area contributed by atoms with Crippen LogP contribution in [0.15, 0.2) is 12.4 Å². The molecule has 1 unspecified atom stereocenters. The molecule has 0 spiro atoms. The summed E-state index contributed by atoms with van der Waals surface area (Å²) in [5.41, 5.74) is 2.65. The van der Waals surface area contributed by atoms with Crippen molar-refractivity contribution in [1.82, 2.24) is 20.3 Å². The maximum Gasteiger partial charge on any atom is 0.242 e. The molecule has 2 N–H and O–H groups in total. The Morgan fingerprint density at radius 2 is 2.20 bits per heavy atom. The number of hydrogen-bond acceptors (Lipinski definition) is 5. The standard InChI is InChI=1S/C14H17N5O/c1-8-6-9(2)18-12-11(8)13(17-7-16-12)19-10-4-3-5-15-14(10)20/h6-7,10H,3-5H2,1-2H3,(H,15,20)(H,16,17,18,19). The van der Waals surface area contributed by atoms with Crippen LogP contribution in [0.1, 0.15) is 24.1 Å². The number of carbonyl (C=O) groups excluding carboxylic acids is 1. The van der Waals surface area contributed by atoms with Crippen molar-refractivity contribution in [3.63, 3.8) is 0 Å². The largest absolute Gasteiger partial charge is 0.358 e. The van der Waals surface area contributed by atoms with Gasteiger partial charge in [-0.25, -0.2) is 15.0 Å². The number of nitrogens with zero attached hydrogens (tertiary/aromatic N) is 3. The number of anilines is 1. The number of nitrogens with one attached hydrogen (secondary N) is 2. The topological polar surface area (TPSA) is 79.8 Å². The van der Waals surface area contributed by atoms with E-state index in [0.29, 0.717) is 11.5 Å². The van der Waals surface area contributed by atoms with Crippen molar-refractivity contribution in [3.05, 3.63) is 23.7 Å². The molecule has 0 radical (unpaired) electrons. The lowest BCUT2D eigenvalue weighted by atomic mass is 10.1. The van der Waals surface area contributed by atoms with Gasteiger partial charge >= 0.3 is 0 Å². The fourth-order valence-corrected chi connectivity index (χ4v) is 2.59. The van der Waals surface area contributed by atoms with Crippen molar-refractivity contribution in [3.8, 4) is 0 Å². The molecule has 6 heteroatoms. The maximum atomic E-state index is 11.8. The number of aryl methyl sites for hydroxylation is 2. The molecule has 0 aromatic carbocycles. The predicted octanol–water partition coefficient (Wildman–Crippen LogP) is 1.33. The summed E-state index contributed by atoms with van der Waals surface area (Å²) in [6.07, 6.45) is 3.27. The molecule has 6 nitrogen and oxygen atoms in total. The van der Waals surface area contributed by atoms with E-state index >= 15 is 0 Å². The third-order valence-corrected chi connectivity index (χ3v) is 3.53. The van der Waals surface area contributed by atoms with Gasteiger partial charge in [-0.2, -0.15) is 0 Å². The van der Waals surface area contributed by atoms with Crippen molar-refractivity contribution in [2.24, 2.45) is 0 Å². The molecule has 1 atom stereocenters. The SMILES string of the molecule is Cc1cc(C)c2c(NC3CCCNC3=O)ncnc2n1. The molecule has 3 rings (SSSR count). The molecule has 0 aliphatic carbocycles. The fourth-order valence-electron chi connectivity index (χ4n) is 2.59. The lowest BCUT2D eigenvalue weighted by molar-refractivity contribution is -0.123. The van der Waals surface area contributed by atoms with Gasteiger partial charge in [0.05, 0.1) is 5.39 Å². The molecule has 1 aliphatic heterocycles. The second kappa shape index (κ2) is 5.03. The van der Waals surface area contributed by atoms with E-state index in [1.165, 1.54) is 6.33 Å². The number of piperidine rings is 1. The molecule has 1 saturated heterocycles. The molecule has 2 aromatic heterocycles. The summed E-state index contributed by atoms with van der Waals surface area (Å²) in [4.78, 5) is 24.8. The van der Waals surface area contributed by atoms with Gasteiger partial charge in [-0.3, -0.25) is 4.79 Å². The summed E-state index contributed by atoms with van der Waals surface area (Å²) in [6, 6.07) is 1.76. The molecule has 0 bridgehead atoms. The number of rotatable bonds is 2. The van der Waals surface area contributed by atoms with Crippen molar-refractivity contribution in [2.45, 2.75) is 32.7 Å². The van der Waals surface area contributed by atoms with Gasteiger partial charge in [0.1, 0.15) is 18.2 Å². The molecular formula is C14H17N5O. The average molecular weight is 271 g/mol. The summed E-state index contributed by atoms with van der Waals surface area (Å²) in [5, 5.41) is 6.98. The van der Waals surface area contributed by atoms with Crippen LogP contribution in [0.5, 0.6) is 0 Å². The Morgan fingerprint density at radius 1 is 1.35 bits per heavy atom.